The minimum Gasteiger partial charge on any atom is -0.381 e. The molecule has 0 aromatic rings. The maximum absolute atomic E-state index is 5.39. The van der Waals surface area contributed by atoms with Crippen molar-refractivity contribution in [2.24, 2.45) is 17.8 Å². The van der Waals surface area contributed by atoms with Crippen molar-refractivity contribution in [3.63, 3.8) is 0 Å². The fraction of sp³-hybridized carbons (Fsp3) is 1.00. The highest BCUT2D eigenvalue weighted by Gasteiger charge is 2.28. The van der Waals surface area contributed by atoms with Crippen LogP contribution in [-0.4, -0.2) is 13.2 Å². The average Bonchev–Trinajstić information content (AvgIpc) is 2.03. The largest absolute Gasteiger partial charge is 0.381 e. The lowest BCUT2D eigenvalue weighted by Gasteiger charge is -2.35. The first-order valence-electron chi connectivity index (χ1n) is 5.18. The average molecular weight is 170 g/mol. The third-order valence-corrected chi connectivity index (χ3v) is 3.38. The Morgan fingerprint density at radius 3 is 2.33 bits per heavy atom. The summed E-state index contributed by atoms with van der Waals surface area (Å²) >= 11 is 0. The Bertz CT molecular complexity index is 131. The summed E-state index contributed by atoms with van der Waals surface area (Å²) in [5.41, 5.74) is 0. The minimum absolute atomic E-state index is 0.537. The van der Waals surface area contributed by atoms with Crippen LogP contribution in [0.1, 0.15) is 40.0 Å². The Morgan fingerprint density at radius 1 is 1.25 bits per heavy atom. The van der Waals surface area contributed by atoms with Crippen LogP contribution in [0.25, 0.3) is 0 Å². The van der Waals surface area contributed by atoms with Gasteiger partial charge in [0.25, 0.3) is 0 Å². The Kier molecular flexibility index (Phi) is 3.57. The van der Waals surface area contributed by atoms with Crippen molar-refractivity contribution in [2.75, 3.05) is 7.11 Å². The van der Waals surface area contributed by atoms with Crippen molar-refractivity contribution in [1.82, 2.24) is 0 Å². The molecule has 0 spiro atoms. The maximum Gasteiger partial charge on any atom is 0.0574 e. The van der Waals surface area contributed by atoms with E-state index in [0.717, 1.165) is 17.8 Å². The normalized spacial score (nSPS) is 37.2. The maximum atomic E-state index is 5.39. The van der Waals surface area contributed by atoms with Gasteiger partial charge in [-0.2, -0.15) is 0 Å². The zero-order valence-electron chi connectivity index (χ0n) is 8.84. The van der Waals surface area contributed by atoms with Crippen LogP contribution in [0.15, 0.2) is 0 Å². The minimum atomic E-state index is 0.537. The quantitative estimate of drug-likeness (QED) is 0.619. The van der Waals surface area contributed by atoms with Crippen LogP contribution in [0, 0.1) is 17.8 Å². The molecule has 1 saturated carbocycles. The molecule has 1 aliphatic carbocycles. The molecule has 0 unspecified atom stereocenters. The van der Waals surface area contributed by atoms with Crippen LogP contribution >= 0.6 is 0 Å². The molecule has 0 aromatic carbocycles. The second-order valence-electron chi connectivity index (χ2n) is 4.56. The van der Waals surface area contributed by atoms with Gasteiger partial charge in [-0.1, -0.05) is 20.8 Å². The second kappa shape index (κ2) is 4.27. The van der Waals surface area contributed by atoms with Crippen molar-refractivity contribution in [3.8, 4) is 0 Å². The molecular formula is C11H22O. The third-order valence-electron chi connectivity index (χ3n) is 3.38. The highest BCUT2D eigenvalue weighted by atomic mass is 16.5. The molecule has 12 heavy (non-hydrogen) atoms. The first kappa shape index (κ1) is 10.0. The van der Waals surface area contributed by atoms with Gasteiger partial charge in [-0.05, 0) is 37.0 Å². The Labute approximate surface area is 76.5 Å². The van der Waals surface area contributed by atoms with Crippen molar-refractivity contribution >= 4 is 0 Å². The molecule has 1 aliphatic rings. The van der Waals surface area contributed by atoms with Gasteiger partial charge in [-0.15, -0.1) is 0 Å². The van der Waals surface area contributed by atoms with E-state index in [4.69, 9.17) is 4.74 Å². The van der Waals surface area contributed by atoms with Gasteiger partial charge in [0, 0.05) is 7.11 Å². The molecule has 0 aromatic heterocycles. The molecule has 0 N–H and O–H groups in total. The van der Waals surface area contributed by atoms with E-state index in [0.29, 0.717) is 6.10 Å². The number of ether oxygens (including phenoxy) is 1. The molecule has 0 saturated heterocycles. The van der Waals surface area contributed by atoms with Gasteiger partial charge in [0.1, 0.15) is 0 Å². The Balaban J connectivity index is 2.42. The number of rotatable bonds is 2. The highest BCUT2D eigenvalue weighted by Crippen LogP contribution is 2.35. The van der Waals surface area contributed by atoms with Gasteiger partial charge >= 0.3 is 0 Å². The van der Waals surface area contributed by atoms with Crippen molar-refractivity contribution in [2.45, 2.75) is 46.1 Å². The molecule has 0 aliphatic heterocycles. The van der Waals surface area contributed by atoms with Gasteiger partial charge in [0.15, 0.2) is 0 Å². The summed E-state index contributed by atoms with van der Waals surface area (Å²) in [5, 5.41) is 0. The molecule has 1 fully saturated rings. The van der Waals surface area contributed by atoms with E-state index in [9.17, 15) is 0 Å². The van der Waals surface area contributed by atoms with Gasteiger partial charge in [-0.3, -0.25) is 0 Å². The second-order valence-corrected chi connectivity index (χ2v) is 4.56. The van der Waals surface area contributed by atoms with Gasteiger partial charge in [-0.25, -0.2) is 0 Å². The zero-order chi connectivity index (χ0) is 9.14. The summed E-state index contributed by atoms with van der Waals surface area (Å²) in [4.78, 5) is 0. The van der Waals surface area contributed by atoms with E-state index in [1.54, 1.807) is 0 Å². The summed E-state index contributed by atoms with van der Waals surface area (Å²) in [6, 6.07) is 0. The fourth-order valence-electron chi connectivity index (χ4n) is 2.57. The zero-order valence-corrected chi connectivity index (χ0v) is 8.84. The van der Waals surface area contributed by atoms with Crippen LogP contribution in [0.3, 0.4) is 0 Å². The molecular weight excluding hydrogens is 148 g/mol. The van der Waals surface area contributed by atoms with Crippen LogP contribution in [0.2, 0.25) is 0 Å². The number of hydrogen-bond acceptors (Lipinski definition) is 1. The predicted molar refractivity (Wildman–Crippen MR) is 52.1 cm³/mol. The van der Waals surface area contributed by atoms with Gasteiger partial charge in [0.2, 0.25) is 0 Å². The van der Waals surface area contributed by atoms with E-state index in [1.807, 2.05) is 7.11 Å². The van der Waals surface area contributed by atoms with Crippen LogP contribution in [-0.2, 0) is 4.74 Å². The van der Waals surface area contributed by atoms with E-state index < -0.39 is 0 Å². The van der Waals surface area contributed by atoms with E-state index in [2.05, 4.69) is 20.8 Å². The molecule has 0 radical (unpaired) electrons. The van der Waals surface area contributed by atoms with Crippen molar-refractivity contribution < 1.29 is 4.74 Å². The smallest absolute Gasteiger partial charge is 0.0574 e. The van der Waals surface area contributed by atoms with Crippen LogP contribution in [0.4, 0.5) is 0 Å². The lowest BCUT2D eigenvalue weighted by Crippen LogP contribution is -2.30. The van der Waals surface area contributed by atoms with Crippen LogP contribution < -0.4 is 0 Å². The number of methoxy groups -OCH3 is 1. The molecule has 3 atom stereocenters. The Hall–Kier alpha value is -0.0400. The van der Waals surface area contributed by atoms with Gasteiger partial charge in [0.05, 0.1) is 6.10 Å². The number of hydrogen-bond donors (Lipinski definition) is 0. The fourth-order valence-corrected chi connectivity index (χ4v) is 2.57. The summed E-state index contributed by atoms with van der Waals surface area (Å²) in [7, 11) is 1.84. The Morgan fingerprint density at radius 2 is 1.92 bits per heavy atom. The first-order chi connectivity index (χ1) is 5.65. The summed E-state index contributed by atoms with van der Waals surface area (Å²) in [5.74, 6) is 2.62. The lowest BCUT2D eigenvalue weighted by molar-refractivity contribution is 0.0229. The molecule has 0 bridgehead atoms. The lowest BCUT2D eigenvalue weighted by atomic mass is 9.73. The molecule has 0 amide bonds. The molecule has 1 heteroatoms. The topological polar surface area (TPSA) is 9.23 Å². The van der Waals surface area contributed by atoms with Crippen LogP contribution in [0.5, 0.6) is 0 Å². The summed E-state index contributed by atoms with van der Waals surface area (Å²) < 4.78 is 5.39. The SMILES string of the molecule is CO[C@@H]1CC[C@H](C(C)C)[C@H](C)C1. The predicted octanol–water partition coefficient (Wildman–Crippen LogP) is 3.09. The molecule has 1 nitrogen and oxygen atoms in total. The van der Waals surface area contributed by atoms with E-state index >= 15 is 0 Å². The van der Waals surface area contributed by atoms with Gasteiger partial charge < -0.3 is 4.74 Å². The van der Waals surface area contributed by atoms with Crippen molar-refractivity contribution in [1.29, 1.82) is 0 Å². The standard InChI is InChI=1S/C11H22O/c1-8(2)11-6-5-10(12-4)7-9(11)3/h8-11H,5-7H2,1-4H3/t9-,10-,11-/m1/s1. The monoisotopic (exact) mass is 170 g/mol. The summed E-state index contributed by atoms with van der Waals surface area (Å²) in [6.45, 7) is 7.05. The third kappa shape index (κ3) is 2.22. The van der Waals surface area contributed by atoms with Crippen molar-refractivity contribution in [3.05, 3.63) is 0 Å². The molecule has 0 heterocycles. The van der Waals surface area contributed by atoms with E-state index in [-0.39, 0.29) is 0 Å². The molecule has 72 valence electrons. The first-order valence-corrected chi connectivity index (χ1v) is 5.18. The summed E-state index contributed by atoms with van der Waals surface area (Å²) in [6.07, 6.45) is 4.43. The van der Waals surface area contributed by atoms with E-state index in [1.165, 1.54) is 19.3 Å². The molecule has 1 rings (SSSR count). The highest BCUT2D eigenvalue weighted by molar-refractivity contribution is 4.79.